The predicted molar refractivity (Wildman–Crippen MR) is 129 cm³/mol. The van der Waals surface area contributed by atoms with Crippen molar-refractivity contribution < 1.29 is 0 Å². The lowest BCUT2D eigenvalue weighted by atomic mass is 10.0. The average molecular weight is 411 g/mol. The second-order valence-corrected chi connectivity index (χ2v) is 9.80. The summed E-state index contributed by atoms with van der Waals surface area (Å²) in [6.07, 6.45) is 15.3. The van der Waals surface area contributed by atoms with Gasteiger partial charge in [-0.3, -0.25) is 0 Å². The number of hydrogen-bond acceptors (Lipinski definition) is 2. The van der Waals surface area contributed by atoms with E-state index >= 15 is 0 Å². The normalized spacial score (nSPS) is 11.2. The number of benzene rings is 1. The van der Waals surface area contributed by atoms with E-state index in [2.05, 4.69) is 60.8 Å². The zero-order chi connectivity index (χ0) is 19.4. The van der Waals surface area contributed by atoms with Crippen LogP contribution in [-0.4, -0.2) is 0 Å². The molecule has 28 heavy (non-hydrogen) atoms. The van der Waals surface area contributed by atoms with Crippen molar-refractivity contribution in [1.82, 2.24) is 0 Å². The van der Waals surface area contributed by atoms with Crippen molar-refractivity contribution in [3.63, 3.8) is 0 Å². The lowest BCUT2D eigenvalue weighted by Gasteiger charge is -2.04. The van der Waals surface area contributed by atoms with Crippen LogP contribution < -0.4 is 0 Å². The maximum atomic E-state index is 2.33. The molecule has 0 saturated carbocycles. The third-order valence-corrected chi connectivity index (χ3v) is 7.63. The van der Waals surface area contributed by atoms with E-state index in [1.165, 1.54) is 96.4 Å². The van der Waals surface area contributed by atoms with E-state index in [-0.39, 0.29) is 0 Å². The molecule has 0 N–H and O–H groups in total. The first-order chi connectivity index (χ1) is 13.9. The van der Waals surface area contributed by atoms with Crippen LogP contribution in [0.4, 0.5) is 0 Å². The van der Waals surface area contributed by atoms with Gasteiger partial charge in [0.15, 0.2) is 0 Å². The zero-order valence-electron chi connectivity index (χ0n) is 17.3. The highest BCUT2D eigenvalue weighted by molar-refractivity contribution is 7.23. The fourth-order valence-electron chi connectivity index (χ4n) is 3.70. The highest BCUT2D eigenvalue weighted by Gasteiger charge is 2.06. The van der Waals surface area contributed by atoms with Crippen molar-refractivity contribution >= 4 is 22.7 Å². The second-order valence-electron chi connectivity index (χ2n) is 7.77. The summed E-state index contributed by atoms with van der Waals surface area (Å²) in [4.78, 5) is 4.11. The van der Waals surface area contributed by atoms with Gasteiger partial charge in [-0.05, 0) is 47.5 Å². The summed E-state index contributed by atoms with van der Waals surface area (Å²) in [7, 11) is 0. The molecule has 0 radical (unpaired) electrons. The van der Waals surface area contributed by atoms with E-state index in [9.17, 15) is 0 Å². The molecule has 0 aliphatic carbocycles. The molecule has 2 heteroatoms. The van der Waals surface area contributed by atoms with E-state index in [0.29, 0.717) is 0 Å². The van der Waals surface area contributed by atoms with Gasteiger partial charge in [0.2, 0.25) is 0 Å². The summed E-state index contributed by atoms with van der Waals surface area (Å²) < 4.78 is 0. The van der Waals surface area contributed by atoms with E-state index < -0.39 is 0 Å². The number of aryl methyl sites for hydroxylation is 1. The van der Waals surface area contributed by atoms with Crippen molar-refractivity contribution in [1.29, 1.82) is 0 Å². The number of rotatable bonds is 13. The third-order valence-electron chi connectivity index (χ3n) is 5.43. The van der Waals surface area contributed by atoms with Gasteiger partial charge in [-0.25, -0.2) is 0 Å². The summed E-state index contributed by atoms with van der Waals surface area (Å²) in [5.41, 5.74) is 2.83. The average Bonchev–Trinajstić information content (AvgIpc) is 3.42. The molecule has 0 atom stereocenters. The standard InChI is InChI=1S/C26H34S2/c1-2-3-4-5-6-7-8-9-10-11-13-22-15-17-23(18-16-22)24-19-20-26(28-24)25-14-12-21-27-25/h12,14-21H,2-11,13H2,1H3. The smallest absolute Gasteiger partial charge is 0.0449 e. The molecule has 0 aliphatic rings. The fraction of sp³-hybridized carbons (Fsp3) is 0.462. The summed E-state index contributed by atoms with van der Waals surface area (Å²) in [5, 5.41) is 2.15. The maximum Gasteiger partial charge on any atom is 0.0449 e. The summed E-state index contributed by atoms with van der Waals surface area (Å²) >= 11 is 3.71. The molecular formula is C26H34S2. The van der Waals surface area contributed by atoms with Crippen molar-refractivity contribution in [2.75, 3.05) is 0 Å². The van der Waals surface area contributed by atoms with Crippen LogP contribution in [-0.2, 0) is 6.42 Å². The molecule has 0 spiro atoms. The van der Waals surface area contributed by atoms with E-state index in [4.69, 9.17) is 0 Å². The summed E-state index contributed by atoms with van der Waals surface area (Å²) in [5.74, 6) is 0. The van der Waals surface area contributed by atoms with Gasteiger partial charge in [0.25, 0.3) is 0 Å². The number of hydrogen-bond donors (Lipinski definition) is 0. The van der Waals surface area contributed by atoms with Crippen molar-refractivity contribution in [3.8, 4) is 20.2 Å². The van der Waals surface area contributed by atoms with E-state index in [0.717, 1.165) is 0 Å². The van der Waals surface area contributed by atoms with E-state index in [1.54, 1.807) is 0 Å². The minimum Gasteiger partial charge on any atom is -0.143 e. The van der Waals surface area contributed by atoms with Crippen LogP contribution in [0, 0.1) is 0 Å². The second kappa shape index (κ2) is 12.2. The van der Waals surface area contributed by atoms with Gasteiger partial charge in [0.05, 0.1) is 0 Å². The van der Waals surface area contributed by atoms with Crippen LogP contribution in [0.5, 0.6) is 0 Å². The molecule has 3 rings (SSSR count). The first-order valence-corrected chi connectivity index (χ1v) is 12.8. The lowest BCUT2D eigenvalue weighted by Crippen LogP contribution is -1.87. The molecule has 0 saturated heterocycles. The van der Waals surface area contributed by atoms with Gasteiger partial charge in [-0.1, -0.05) is 95.0 Å². The van der Waals surface area contributed by atoms with Crippen LogP contribution in [0.1, 0.15) is 76.7 Å². The summed E-state index contributed by atoms with van der Waals surface area (Å²) in [6.45, 7) is 2.29. The van der Waals surface area contributed by atoms with Gasteiger partial charge in [-0.15, -0.1) is 22.7 Å². The predicted octanol–water partition coefficient (Wildman–Crippen LogP) is 9.61. The van der Waals surface area contributed by atoms with Gasteiger partial charge < -0.3 is 0 Å². The van der Waals surface area contributed by atoms with Crippen LogP contribution >= 0.6 is 22.7 Å². The van der Waals surface area contributed by atoms with Crippen molar-refractivity contribution in [2.24, 2.45) is 0 Å². The maximum absolute atomic E-state index is 2.33. The van der Waals surface area contributed by atoms with Gasteiger partial charge in [0, 0.05) is 14.6 Å². The van der Waals surface area contributed by atoms with Crippen molar-refractivity contribution in [2.45, 2.75) is 77.6 Å². The molecule has 0 aliphatic heterocycles. The SMILES string of the molecule is CCCCCCCCCCCCc1ccc(-c2ccc(-c3cccs3)s2)cc1. The molecule has 0 amide bonds. The molecular weight excluding hydrogens is 376 g/mol. The molecule has 0 unspecified atom stereocenters. The largest absolute Gasteiger partial charge is 0.143 e. The van der Waals surface area contributed by atoms with Crippen LogP contribution in [0.15, 0.2) is 53.9 Å². The molecule has 150 valence electrons. The molecule has 0 nitrogen and oxygen atoms in total. The molecule has 2 heterocycles. The van der Waals surface area contributed by atoms with Crippen LogP contribution in [0.25, 0.3) is 20.2 Å². The third kappa shape index (κ3) is 6.90. The molecule has 0 fully saturated rings. The molecule has 3 aromatic rings. The van der Waals surface area contributed by atoms with Gasteiger partial charge in [-0.2, -0.15) is 0 Å². The Morgan fingerprint density at radius 1 is 0.607 bits per heavy atom. The molecule has 2 aromatic heterocycles. The Morgan fingerprint density at radius 2 is 1.25 bits per heavy atom. The Bertz CT molecular complexity index is 765. The number of thiophene rings is 2. The first-order valence-electron chi connectivity index (χ1n) is 11.1. The van der Waals surface area contributed by atoms with E-state index in [1.807, 2.05) is 22.7 Å². The number of unbranched alkanes of at least 4 members (excludes halogenated alkanes) is 9. The Kier molecular flexibility index (Phi) is 9.32. The minimum atomic E-state index is 1.22. The van der Waals surface area contributed by atoms with Crippen molar-refractivity contribution in [3.05, 3.63) is 59.5 Å². The quantitative estimate of drug-likeness (QED) is 0.246. The van der Waals surface area contributed by atoms with Crippen LogP contribution in [0.3, 0.4) is 0 Å². The molecule has 0 bridgehead atoms. The minimum absolute atomic E-state index is 1.22. The Hall–Kier alpha value is -1.38. The Labute approximate surface area is 179 Å². The topological polar surface area (TPSA) is 0 Å². The monoisotopic (exact) mass is 410 g/mol. The first kappa shape index (κ1) is 21.3. The zero-order valence-corrected chi connectivity index (χ0v) is 18.9. The molecule has 1 aromatic carbocycles. The van der Waals surface area contributed by atoms with Gasteiger partial charge in [0.1, 0.15) is 0 Å². The highest BCUT2D eigenvalue weighted by Crippen LogP contribution is 2.36. The summed E-state index contributed by atoms with van der Waals surface area (Å²) in [6, 6.07) is 18.1. The Morgan fingerprint density at radius 3 is 1.89 bits per heavy atom. The fourth-order valence-corrected chi connectivity index (χ4v) is 5.54. The Balaban J connectivity index is 1.34. The van der Waals surface area contributed by atoms with Gasteiger partial charge >= 0.3 is 0 Å². The lowest BCUT2D eigenvalue weighted by molar-refractivity contribution is 0.556. The van der Waals surface area contributed by atoms with Crippen LogP contribution in [0.2, 0.25) is 0 Å². The highest BCUT2D eigenvalue weighted by atomic mass is 32.1.